The largest absolute Gasteiger partial charge is 0.391 e. The van der Waals surface area contributed by atoms with E-state index in [1.54, 1.807) is 11.8 Å². The van der Waals surface area contributed by atoms with E-state index < -0.39 is 6.10 Å². The summed E-state index contributed by atoms with van der Waals surface area (Å²) in [6.45, 7) is 0. The number of benzene rings is 2. The molecule has 0 aliphatic heterocycles. The first-order valence-electron chi connectivity index (χ1n) is 7.11. The second-order valence-electron chi connectivity index (χ2n) is 5.45. The van der Waals surface area contributed by atoms with E-state index in [9.17, 15) is 5.11 Å². The fraction of sp³-hybridized carbons (Fsp3) is 0.294. The van der Waals surface area contributed by atoms with Crippen LogP contribution >= 0.6 is 35.8 Å². The maximum atomic E-state index is 10.3. The molecule has 3 rings (SSSR count). The van der Waals surface area contributed by atoms with Crippen molar-refractivity contribution in [2.75, 3.05) is 0 Å². The maximum Gasteiger partial charge on any atom is 0.0761 e. The van der Waals surface area contributed by atoms with Crippen LogP contribution in [0.2, 0.25) is 5.02 Å². The summed E-state index contributed by atoms with van der Waals surface area (Å²) in [5, 5.41) is 11.0. The van der Waals surface area contributed by atoms with Crippen LogP contribution in [0.3, 0.4) is 0 Å². The summed E-state index contributed by atoms with van der Waals surface area (Å²) in [6.07, 6.45) is 1.72. The van der Waals surface area contributed by atoms with E-state index in [2.05, 4.69) is 0 Å². The molecule has 0 aromatic heterocycles. The van der Waals surface area contributed by atoms with E-state index in [1.807, 2.05) is 48.5 Å². The molecule has 0 bridgehead atoms. The van der Waals surface area contributed by atoms with Gasteiger partial charge in [0.05, 0.1) is 12.1 Å². The number of rotatable bonds is 5. The lowest BCUT2D eigenvalue weighted by atomic mass is 9.99. The zero-order valence-corrected chi connectivity index (χ0v) is 14.4. The average molecular weight is 356 g/mol. The Balaban J connectivity index is 0.00000176. The molecule has 0 amide bonds. The molecule has 3 N–H and O–H groups in total. The lowest BCUT2D eigenvalue weighted by Gasteiger charge is -2.21. The second kappa shape index (κ2) is 7.71. The molecule has 0 saturated heterocycles. The van der Waals surface area contributed by atoms with Crippen LogP contribution in [0.1, 0.15) is 24.4 Å². The third-order valence-electron chi connectivity index (χ3n) is 3.79. The highest BCUT2D eigenvalue weighted by Gasteiger charge is 2.34. The number of halogens is 2. The first kappa shape index (κ1) is 17.6. The summed E-state index contributed by atoms with van der Waals surface area (Å²) in [5.41, 5.74) is 7.28. The predicted octanol–water partition coefficient (Wildman–Crippen LogP) is 4.68. The molecular weight excluding hydrogens is 337 g/mol. The predicted molar refractivity (Wildman–Crippen MR) is 94.9 cm³/mol. The Kier molecular flexibility index (Phi) is 6.18. The van der Waals surface area contributed by atoms with Crippen LogP contribution in [0.25, 0.3) is 0 Å². The monoisotopic (exact) mass is 355 g/mol. The van der Waals surface area contributed by atoms with E-state index in [1.165, 1.54) is 0 Å². The molecular formula is C17H19Cl2NOS. The first-order valence-corrected chi connectivity index (χ1v) is 8.30. The summed E-state index contributed by atoms with van der Waals surface area (Å²) in [5.74, 6) is 0.369. The van der Waals surface area contributed by atoms with Crippen molar-refractivity contribution in [3.63, 3.8) is 0 Å². The Hall–Kier alpha value is -0.710. The molecule has 2 aromatic carbocycles. The van der Waals surface area contributed by atoms with Crippen molar-refractivity contribution in [3.8, 4) is 0 Å². The standard InChI is InChI=1S/C17H18ClNOS.ClH/c18-12-7-9-13(10-8-12)21-15-4-2-1-3-14(15)16(19)17(20)11-5-6-11;/h1-4,7-11,16-17,20H,5-6,19H2;1H/t16-,17+;/m0./s1. The van der Waals surface area contributed by atoms with E-state index in [0.29, 0.717) is 5.92 Å². The zero-order valence-electron chi connectivity index (χ0n) is 12.0. The SMILES string of the molecule is Cl.N[C@@H](c1ccccc1Sc1ccc(Cl)cc1)[C@H](O)C1CC1. The van der Waals surface area contributed by atoms with Crippen molar-refractivity contribution < 1.29 is 5.11 Å². The Morgan fingerprint density at radius 2 is 1.73 bits per heavy atom. The summed E-state index contributed by atoms with van der Waals surface area (Å²) in [6, 6.07) is 15.4. The minimum absolute atomic E-state index is 0. The summed E-state index contributed by atoms with van der Waals surface area (Å²) in [4.78, 5) is 2.20. The normalized spacial score (nSPS) is 16.7. The molecule has 2 aromatic rings. The molecule has 2 atom stereocenters. The maximum absolute atomic E-state index is 10.3. The topological polar surface area (TPSA) is 46.2 Å². The van der Waals surface area contributed by atoms with Gasteiger partial charge >= 0.3 is 0 Å². The van der Waals surface area contributed by atoms with E-state index >= 15 is 0 Å². The van der Waals surface area contributed by atoms with Crippen molar-refractivity contribution >= 4 is 35.8 Å². The molecule has 0 radical (unpaired) electrons. The van der Waals surface area contributed by atoms with Gasteiger partial charge in [0, 0.05) is 14.8 Å². The third-order valence-corrected chi connectivity index (χ3v) is 5.14. The zero-order chi connectivity index (χ0) is 14.8. The van der Waals surface area contributed by atoms with Gasteiger partial charge in [0.25, 0.3) is 0 Å². The summed E-state index contributed by atoms with van der Waals surface area (Å²) >= 11 is 7.57. The number of hydrogen-bond acceptors (Lipinski definition) is 3. The average Bonchev–Trinajstić information content (AvgIpc) is 3.33. The lowest BCUT2D eigenvalue weighted by molar-refractivity contribution is 0.121. The minimum atomic E-state index is -0.447. The Morgan fingerprint density at radius 3 is 2.36 bits per heavy atom. The number of nitrogens with two attached hydrogens (primary N) is 1. The molecule has 0 unspecified atom stereocenters. The summed E-state index contributed by atoms with van der Waals surface area (Å²) < 4.78 is 0. The van der Waals surface area contributed by atoms with Gasteiger partial charge in [-0.05, 0) is 54.7 Å². The summed E-state index contributed by atoms with van der Waals surface area (Å²) in [7, 11) is 0. The molecule has 5 heteroatoms. The third kappa shape index (κ3) is 4.18. The van der Waals surface area contributed by atoms with Gasteiger partial charge in [0.2, 0.25) is 0 Å². The van der Waals surface area contributed by atoms with Crippen LogP contribution in [0.4, 0.5) is 0 Å². The molecule has 1 aliphatic carbocycles. The number of aliphatic hydroxyl groups excluding tert-OH is 1. The van der Waals surface area contributed by atoms with E-state index in [0.717, 1.165) is 33.2 Å². The Morgan fingerprint density at radius 1 is 1.09 bits per heavy atom. The number of hydrogen-bond donors (Lipinski definition) is 2. The van der Waals surface area contributed by atoms with Crippen LogP contribution < -0.4 is 5.73 Å². The van der Waals surface area contributed by atoms with Gasteiger partial charge in [-0.3, -0.25) is 0 Å². The number of aliphatic hydroxyl groups is 1. The molecule has 0 heterocycles. The van der Waals surface area contributed by atoms with Crippen LogP contribution in [0.5, 0.6) is 0 Å². The van der Waals surface area contributed by atoms with Gasteiger partial charge in [-0.15, -0.1) is 12.4 Å². The molecule has 0 spiro atoms. The molecule has 2 nitrogen and oxygen atoms in total. The highest BCUT2D eigenvalue weighted by atomic mass is 35.5. The van der Waals surface area contributed by atoms with Gasteiger partial charge in [0.1, 0.15) is 0 Å². The first-order chi connectivity index (χ1) is 10.1. The van der Waals surface area contributed by atoms with Crippen molar-refractivity contribution in [2.24, 2.45) is 11.7 Å². The van der Waals surface area contributed by atoms with Crippen LogP contribution in [-0.4, -0.2) is 11.2 Å². The fourth-order valence-corrected chi connectivity index (χ4v) is 3.51. The molecule has 22 heavy (non-hydrogen) atoms. The van der Waals surface area contributed by atoms with Gasteiger partial charge < -0.3 is 10.8 Å². The van der Waals surface area contributed by atoms with Crippen LogP contribution in [0.15, 0.2) is 58.3 Å². The van der Waals surface area contributed by atoms with Gasteiger partial charge in [-0.2, -0.15) is 0 Å². The molecule has 1 aliphatic rings. The van der Waals surface area contributed by atoms with E-state index in [4.69, 9.17) is 17.3 Å². The molecule has 118 valence electrons. The highest BCUT2D eigenvalue weighted by Crippen LogP contribution is 2.40. The van der Waals surface area contributed by atoms with Crippen LogP contribution in [-0.2, 0) is 0 Å². The Bertz CT molecular complexity index is 616. The van der Waals surface area contributed by atoms with Crippen molar-refractivity contribution in [3.05, 3.63) is 59.1 Å². The van der Waals surface area contributed by atoms with Gasteiger partial charge in [-0.25, -0.2) is 0 Å². The fourth-order valence-electron chi connectivity index (χ4n) is 2.39. The minimum Gasteiger partial charge on any atom is -0.391 e. The van der Waals surface area contributed by atoms with Crippen molar-refractivity contribution in [1.29, 1.82) is 0 Å². The van der Waals surface area contributed by atoms with Crippen LogP contribution in [0, 0.1) is 5.92 Å². The van der Waals surface area contributed by atoms with Gasteiger partial charge in [-0.1, -0.05) is 41.6 Å². The quantitative estimate of drug-likeness (QED) is 0.817. The smallest absolute Gasteiger partial charge is 0.0761 e. The highest BCUT2D eigenvalue weighted by molar-refractivity contribution is 7.99. The van der Waals surface area contributed by atoms with E-state index in [-0.39, 0.29) is 18.4 Å². The molecule has 1 saturated carbocycles. The van der Waals surface area contributed by atoms with Crippen molar-refractivity contribution in [2.45, 2.75) is 34.8 Å². The molecule has 1 fully saturated rings. The lowest BCUT2D eigenvalue weighted by Crippen LogP contribution is -2.28. The second-order valence-corrected chi connectivity index (χ2v) is 7.00. The van der Waals surface area contributed by atoms with Gasteiger partial charge in [0.15, 0.2) is 0 Å². The Labute approximate surface area is 146 Å². The van der Waals surface area contributed by atoms with Crippen molar-refractivity contribution in [1.82, 2.24) is 0 Å².